The van der Waals surface area contributed by atoms with E-state index in [4.69, 9.17) is 27.9 Å². The van der Waals surface area contributed by atoms with E-state index in [1.165, 1.54) is 0 Å². The van der Waals surface area contributed by atoms with E-state index in [1.807, 2.05) is 42.8 Å². The number of rotatable bonds is 0. The fraction of sp³-hybridized carbons (Fsp3) is 0. The Bertz CT molecular complexity index is 514. The fourth-order valence-corrected chi connectivity index (χ4v) is 2.10. The topological polar surface area (TPSA) is 9.23 Å². The van der Waals surface area contributed by atoms with Crippen molar-refractivity contribution in [1.29, 1.82) is 0 Å². The first kappa shape index (κ1) is 10.0. The number of fused-ring (bicyclic) bond motifs is 2. The Labute approximate surface area is 104 Å². The maximum atomic E-state index is 5.93. The maximum absolute atomic E-state index is 5.93. The highest BCUT2D eigenvalue weighted by atomic mass is 35.5. The first-order valence-corrected chi connectivity index (χ1v) is 5.60. The minimum absolute atomic E-state index is 0.698. The third-order valence-electron chi connectivity index (χ3n) is 2.47. The predicted octanol–water partition coefficient (Wildman–Crippen LogP) is 4.70. The van der Waals surface area contributed by atoms with Crippen LogP contribution in [-0.4, -0.2) is 0 Å². The van der Waals surface area contributed by atoms with Crippen LogP contribution in [0.15, 0.2) is 36.4 Å². The van der Waals surface area contributed by atoms with Gasteiger partial charge in [0.05, 0.1) is 0 Å². The van der Waals surface area contributed by atoms with Gasteiger partial charge in [0.2, 0.25) is 0 Å². The highest BCUT2D eigenvalue weighted by Crippen LogP contribution is 2.39. The zero-order chi connectivity index (χ0) is 11.1. The minimum Gasteiger partial charge on any atom is -0.457 e. The van der Waals surface area contributed by atoms with E-state index in [1.54, 1.807) is 0 Å². The van der Waals surface area contributed by atoms with Crippen molar-refractivity contribution in [2.75, 3.05) is 0 Å². The molecular weight excluding hydrogens is 243 g/mol. The molecule has 0 aliphatic carbocycles. The summed E-state index contributed by atoms with van der Waals surface area (Å²) in [6.07, 6.45) is 2.02. The van der Waals surface area contributed by atoms with E-state index in [2.05, 4.69) is 0 Å². The van der Waals surface area contributed by atoms with Gasteiger partial charge in [-0.1, -0.05) is 23.2 Å². The van der Waals surface area contributed by atoms with Gasteiger partial charge in [0.25, 0.3) is 0 Å². The molecule has 2 aromatic rings. The van der Waals surface area contributed by atoms with Crippen molar-refractivity contribution in [2.45, 2.75) is 0 Å². The molecule has 0 spiro atoms. The zero-order valence-electron chi connectivity index (χ0n) is 8.21. The molecule has 1 aliphatic rings. The third-order valence-corrected chi connectivity index (χ3v) is 2.94. The van der Waals surface area contributed by atoms with Crippen molar-refractivity contribution < 1.29 is 4.74 Å². The van der Waals surface area contributed by atoms with Crippen LogP contribution in [0.25, 0.3) is 0 Å². The van der Waals surface area contributed by atoms with Gasteiger partial charge in [0, 0.05) is 27.6 Å². The second kappa shape index (κ2) is 3.69. The van der Waals surface area contributed by atoms with Crippen molar-refractivity contribution in [2.24, 2.45) is 0 Å². The molecule has 0 bridgehead atoms. The lowest BCUT2D eigenvalue weighted by atomic mass is 10.0. The maximum Gasteiger partial charge on any atom is 0.131 e. The first-order valence-electron chi connectivity index (χ1n) is 4.84. The summed E-state index contributed by atoms with van der Waals surface area (Å²) in [5.74, 6) is 1.64. The van der Waals surface area contributed by atoms with E-state index in [0.29, 0.717) is 10.0 Å². The molecule has 16 heavy (non-hydrogen) atoms. The molecule has 0 amide bonds. The van der Waals surface area contributed by atoms with Gasteiger partial charge in [-0.25, -0.2) is 0 Å². The van der Waals surface area contributed by atoms with Crippen LogP contribution >= 0.6 is 23.2 Å². The Morgan fingerprint density at radius 2 is 1.25 bits per heavy atom. The summed E-state index contributed by atoms with van der Waals surface area (Å²) < 4.78 is 5.74. The quantitative estimate of drug-likeness (QED) is 0.561. The Morgan fingerprint density at radius 3 is 1.75 bits per heavy atom. The summed E-state index contributed by atoms with van der Waals surface area (Å²) in [6.45, 7) is 0. The lowest BCUT2D eigenvalue weighted by Crippen LogP contribution is -2.00. The molecule has 79 valence electrons. The summed E-state index contributed by atoms with van der Waals surface area (Å²) >= 11 is 11.9. The SMILES string of the molecule is Clc1ccc2c(c1)[CH]c1cc(Cl)ccc1O2. The Morgan fingerprint density at radius 1 is 0.750 bits per heavy atom. The first-order chi connectivity index (χ1) is 7.72. The number of hydrogen-bond acceptors (Lipinski definition) is 1. The average Bonchev–Trinajstić information content (AvgIpc) is 2.26. The number of hydrogen-bond donors (Lipinski definition) is 0. The van der Waals surface area contributed by atoms with Gasteiger partial charge in [-0.2, -0.15) is 0 Å². The van der Waals surface area contributed by atoms with Crippen LogP contribution in [0.1, 0.15) is 11.1 Å². The number of benzene rings is 2. The molecule has 2 aromatic carbocycles. The Hall–Kier alpha value is -1.18. The predicted molar refractivity (Wildman–Crippen MR) is 65.5 cm³/mol. The Kier molecular flexibility index (Phi) is 2.31. The third kappa shape index (κ3) is 1.66. The number of halogens is 2. The molecule has 1 radical (unpaired) electrons. The van der Waals surface area contributed by atoms with Crippen LogP contribution in [0.5, 0.6) is 11.5 Å². The smallest absolute Gasteiger partial charge is 0.131 e. The molecule has 0 unspecified atom stereocenters. The van der Waals surface area contributed by atoms with Gasteiger partial charge in [0.1, 0.15) is 11.5 Å². The number of ether oxygens (including phenoxy) is 1. The Balaban J connectivity index is 2.10. The monoisotopic (exact) mass is 249 g/mol. The summed E-state index contributed by atoms with van der Waals surface area (Å²) in [5, 5.41) is 1.40. The normalized spacial score (nSPS) is 12.6. The molecule has 1 nitrogen and oxygen atoms in total. The lowest BCUT2D eigenvalue weighted by Gasteiger charge is -2.20. The van der Waals surface area contributed by atoms with Gasteiger partial charge >= 0.3 is 0 Å². The second-order valence-corrected chi connectivity index (χ2v) is 4.48. The van der Waals surface area contributed by atoms with Crippen LogP contribution in [0, 0.1) is 6.42 Å². The highest BCUT2D eigenvalue weighted by Gasteiger charge is 2.17. The standard InChI is InChI=1S/C13H7Cl2O/c14-10-1-3-12-8(6-10)5-9-7-11(15)2-4-13(9)16-12/h1-7H. The van der Waals surface area contributed by atoms with Crippen LogP contribution in [0.2, 0.25) is 10.0 Å². The molecule has 0 saturated carbocycles. The van der Waals surface area contributed by atoms with Crippen molar-refractivity contribution in [3.63, 3.8) is 0 Å². The summed E-state index contributed by atoms with van der Waals surface area (Å²) in [4.78, 5) is 0. The molecule has 0 aromatic heterocycles. The van der Waals surface area contributed by atoms with Crippen LogP contribution in [0.4, 0.5) is 0 Å². The van der Waals surface area contributed by atoms with E-state index in [0.717, 1.165) is 22.6 Å². The van der Waals surface area contributed by atoms with E-state index in [-0.39, 0.29) is 0 Å². The van der Waals surface area contributed by atoms with Crippen molar-refractivity contribution in [1.82, 2.24) is 0 Å². The molecular formula is C13H7Cl2O. The largest absolute Gasteiger partial charge is 0.457 e. The lowest BCUT2D eigenvalue weighted by molar-refractivity contribution is 0.469. The van der Waals surface area contributed by atoms with Gasteiger partial charge in [-0.3, -0.25) is 0 Å². The van der Waals surface area contributed by atoms with Crippen LogP contribution < -0.4 is 4.74 Å². The van der Waals surface area contributed by atoms with Gasteiger partial charge in [0.15, 0.2) is 0 Å². The molecule has 0 fully saturated rings. The van der Waals surface area contributed by atoms with Crippen molar-refractivity contribution >= 4 is 23.2 Å². The van der Waals surface area contributed by atoms with Gasteiger partial charge in [-0.05, 0) is 36.4 Å². The van der Waals surface area contributed by atoms with E-state index >= 15 is 0 Å². The van der Waals surface area contributed by atoms with Gasteiger partial charge in [-0.15, -0.1) is 0 Å². The summed E-state index contributed by atoms with van der Waals surface area (Å²) in [5.41, 5.74) is 1.95. The minimum atomic E-state index is 0.698. The molecule has 1 aliphatic heterocycles. The zero-order valence-corrected chi connectivity index (χ0v) is 9.72. The van der Waals surface area contributed by atoms with Crippen LogP contribution in [-0.2, 0) is 0 Å². The van der Waals surface area contributed by atoms with E-state index < -0.39 is 0 Å². The van der Waals surface area contributed by atoms with Gasteiger partial charge < -0.3 is 4.74 Å². The molecule has 0 N–H and O–H groups in total. The van der Waals surface area contributed by atoms with Crippen molar-refractivity contribution in [3.8, 4) is 11.5 Å². The van der Waals surface area contributed by atoms with Crippen LogP contribution in [0.3, 0.4) is 0 Å². The summed E-state index contributed by atoms with van der Waals surface area (Å²) in [6, 6.07) is 11.1. The molecule has 1 heterocycles. The average molecular weight is 250 g/mol. The molecule has 0 saturated heterocycles. The summed E-state index contributed by atoms with van der Waals surface area (Å²) in [7, 11) is 0. The second-order valence-electron chi connectivity index (χ2n) is 3.61. The van der Waals surface area contributed by atoms with E-state index in [9.17, 15) is 0 Å². The van der Waals surface area contributed by atoms with Crippen molar-refractivity contribution in [3.05, 3.63) is 64.0 Å². The highest BCUT2D eigenvalue weighted by molar-refractivity contribution is 6.31. The molecule has 3 rings (SSSR count). The molecule has 3 heteroatoms. The molecule has 0 atom stereocenters. The fourth-order valence-electron chi connectivity index (χ4n) is 1.74.